The second-order valence-corrected chi connectivity index (χ2v) is 3.11. The lowest BCUT2D eigenvalue weighted by molar-refractivity contribution is 0.0697. The maximum Gasteiger partial charge on any atom is 0.335 e. The van der Waals surface area contributed by atoms with Crippen LogP contribution in [0.3, 0.4) is 0 Å². The molecule has 0 radical (unpaired) electrons. The van der Waals surface area contributed by atoms with E-state index in [-0.39, 0.29) is 18.2 Å². The van der Waals surface area contributed by atoms with Crippen LogP contribution in [0.15, 0.2) is 24.3 Å². The number of benzene rings is 1. The molecule has 1 rings (SSSR count). The Balaban J connectivity index is 2.68. The summed E-state index contributed by atoms with van der Waals surface area (Å²) in [6, 6.07) is 6.36. The minimum atomic E-state index is -0.938. The molecule has 1 atom stereocenters. The van der Waals surface area contributed by atoms with Gasteiger partial charge in [-0.1, -0.05) is 0 Å². The van der Waals surface area contributed by atoms with E-state index in [0.29, 0.717) is 0 Å². The number of carboxylic acid groups (broad SMARTS) is 1. The molecular formula is C10H13NO3. The monoisotopic (exact) mass is 195 g/mol. The topological polar surface area (TPSA) is 69.6 Å². The second-order valence-electron chi connectivity index (χ2n) is 3.11. The van der Waals surface area contributed by atoms with Crippen LogP contribution in [0.25, 0.3) is 0 Å². The summed E-state index contributed by atoms with van der Waals surface area (Å²) in [5, 5.41) is 20.4. The highest BCUT2D eigenvalue weighted by atomic mass is 16.4. The Hall–Kier alpha value is -1.55. The van der Waals surface area contributed by atoms with Crippen molar-refractivity contribution in [1.29, 1.82) is 0 Å². The molecule has 0 aromatic heterocycles. The zero-order valence-electron chi connectivity index (χ0n) is 7.90. The fraction of sp³-hybridized carbons (Fsp3) is 0.300. The quantitative estimate of drug-likeness (QED) is 0.674. The summed E-state index contributed by atoms with van der Waals surface area (Å²) in [6.07, 6.45) is 0. The van der Waals surface area contributed by atoms with Gasteiger partial charge in [0.25, 0.3) is 0 Å². The molecule has 4 nitrogen and oxygen atoms in total. The number of rotatable bonds is 4. The Labute approximate surface area is 82.2 Å². The lowest BCUT2D eigenvalue weighted by Crippen LogP contribution is -2.19. The van der Waals surface area contributed by atoms with E-state index in [1.807, 2.05) is 6.92 Å². The van der Waals surface area contributed by atoms with Gasteiger partial charge in [-0.15, -0.1) is 0 Å². The normalized spacial score (nSPS) is 12.1. The van der Waals surface area contributed by atoms with Crippen LogP contribution < -0.4 is 5.32 Å². The first-order chi connectivity index (χ1) is 6.63. The predicted octanol–water partition coefficient (Wildman–Crippen LogP) is 1.18. The largest absolute Gasteiger partial charge is 0.478 e. The zero-order valence-corrected chi connectivity index (χ0v) is 7.90. The molecule has 0 heterocycles. The van der Waals surface area contributed by atoms with E-state index in [0.717, 1.165) is 5.69 Å². The van der Waals surface area contributed by atoms with Gasteiger partial charge in [0.1, 0.15) is 0 Å². The first-order valence-corrected chi connectivity index (χ1v) is 4.34. The number of nitrogens with one attached hydrogen (secondary N) is 1. The molecule has 0 saturated heterocycles. The molecule has 0 amide bonds. The van der Waals surface area contributed by atoms with E-state index < -0.39 is 5.97 Å². The molecule has 4 heteroatoms. The maximum atomic E-state index is 10.5. The van der Waals surface area contributed by atoms with Crippen molar-refractivity contribution in [3.63, 3.8) is 0 Å². The van der Waals surface area contributed by atoms with E-state index >= 15 is 0 Å². The lowest BCUT2D eigenvalue weighted by Gasteiger charge is -2.11. The van der Waals surface area contributed by atoms with Gasteiger partial charge in [-0.2, -0.15) is 0 Å². The highest BCUT2D eigenvalue weighted by Crippen LogP contribution is 2.10. The molecule has 76 valence electrons. The Morgan fingerprint density at radius 3 is 2.43 bits per heavy atom. The van der Waals surface area contributed by atoms with Crippen LogP contribution in [0.1, 0.15) is 17.3 Å². The summed E-state index contributed by atoms with van der Waals surface area (Å²) in [7, 11) is 0. The number of aliphatic hydroxyl groups excluding tert-OH is 1. The highest BCUT2D eigenvalue weighted by Gasteiger charge is 2.03. The fourth-order valence-electron chi connectivity index (χ4n) is 1.04. The zero-order chi connectivity index (χ0) is 10.6. The third-order valence-corrected chi connectivity index (χ3v) is 1.82. The molecule has 0 spiro atoms. The summed E-state index contributed by atoms with van der Waals surface area (Å²) in [5.74, 6) is -0.938. The van der Waals surface area contributed by atoms with Crippen molar-refractivity contribution >= 4 is 11.7 Å². The average Bonchev–Trinajstić information content (AvgIpc) is 2.18. The van der Waals surface area contributed by atoms with Crippen LogP contribution in [-0.2, 0) is 0 Å². The Morgan fingerprint density at radius 1 is 1.43 bits per heavy atom. The van der Waals surface area contributed by atoms with E-state index in [2.05, 4.69) is 5.32 Å². The molecule has 0 aliphatic carbocycles. The molecule has 1 aromatic carbocycles. The first kappa shape index (κ1) is 10.5. The number of carbonyl (C=O) groups is 1. The van der Waals surface area contributed by atoms with Crippen molar-refractivity contribution in [2.45, 2.75) is 13.0 Å². The minimum absolute atomic E-state index is 0.0364. The molecule has 0 aliphatic heterocycles. The highest BCUT2D eigenvalue weighted by molar-refractivity contribution is 5.87. The third-order valence-electron chi connectivity index (χ3n) is 1.82. The van der Waals surface area contributed by atoms with Gasteiger partial charge in [0.15, 0.2) is 0 Å². The molecule has 0 aliphatic rings. The molecular weight excluding hydrogens is 182 g/mol. The third kappa shape index (κ3) is 2.74. The predicted molar refractivity (Wildman–Crippen MR) is 53.6 cm³/mol. The van der Waals surface area contributed by atoms with Crippen molar-refractivity contribution in [1.82, 2.24) is 0 Å². The number of aromatic carboxylic acids is 1. The van der Waals surface area contributed by atoms with Gasteiger partial charge in [0.2, 0.25) is 0 Å². The van der Waals surface area contributed by atoms with Crippen molar-refractivity contribution in [3.8, 4) is 0 Å². The summed E-state index contributed by atoms with van der Waals surface area (Å²) in [6.45, 7) is 1.88. The van der Waals surface area contributed by atoms with Gasteiger partial charge in [0.05, 0.1) is 12.2 Å². The van der Waals surface area contributed by atoms with Crippen LogP contribution in [-0.4, -0.2) is 28.8 Å². The maximum absolute atomic E-state index is 10.5. The van der Waals surface area contributed by atoms with E-state index in [1.54, 1.807) is 12.1 Å². The SMILES string of the molecule is CC(CO)Nc1ccc(C(=O)O)cc1. The molecule has 1 aromatic rings. The van der Waals surface area contributed by atoms with Gasteiger partial charge >= 0.3 is 5.97 Å². The van der Waals surface area contributed by atoms with Crippen molar-refractivity contribution in [2.24, 2.45) is 0 Å². The van der Waals surface area contributed by atoms with Crippen LogP contribution in [0.4, 0.5) is 5.69 Å². The molecule has 0 saturated carbocycles. The van der Waals surface area contributed by atoms with Gasteiger partial charge < -0.3 is 15.5 Å². The smallest absolute Gasteiger partial charge is 0.335 e. The van der Waals surface area contributed by atoms with Gasteiger partial charge in [-0.05, 0) is 31.2 Å². The molecule has 1 unspecified atom stereocenters. The first-order valence-electron chi connectivity index (χ1n) is 4.34. The number of hydrogen-bond acceptors (Lipinski definition) is 3. The number of hydrogen-bond donors (Lipinski definition) is 3. The Morgan fingerprint density at radius 2 is 2.00 bits per heavy atom. The van der Waals surface area contributed by atoms with Crippen LogP contribution in [0, 0.1) is 0 Å². The van der Waals surface area contributed by atoms with Crippen LogP contribution >= 0.6 is 0 Å². The standard InChI is InChI=1S/C10H13NO3/c1-7(6-12)11-9-4-2-8(3-5-9)10(13)14/h2-5,7,11-12H,6H2,1H3,(H,13,14). The second kappa shape index (κ2) is 4.62. The van der Waals surface area contributed by atoms with Crippen molar-refractivity contribution in [3.05, 3.63) is 29.8 Å². The van der Waals surface area contributed by atoms with Gasteiger partial charge in [0, 0.05) is 11.7 Å². The van der Waals surface area contributed by atoms with Crippen molar-refractivity contribution < 1.29 is 15.0 Å². The van der Waals surface area contributed by atoms with Crippen LogP contribution in [0.2, 0.25) is 0 Å². The van der Waals surface area contributed by atoms with Crippen LogP contribution in [0.5, 0.6) is 0 Å². The summed E-state index contributed by atoms with van der Waals surface area (Å²) >= 11 is 0. The Bertz CT molecular complexity index is 308. The molecule has 3 N–H and O–H groups in total. The van der Waals surface area contributed by atoms with Gasteiger partial charge in [-0.3, -0.25) is 0 Å². The summed E-state index contributed by atoms with van der Waals surface area (Å²) in [4.78, 5) is 10.5. The van der Waals surface area contributed by atoms with E-state index in [9.17, 15) is 4.79 Å². The number of aliphatic hydroxyl groups is 1. The molecule has 0 fully saturated rings. The van der Waals surface area contributed by atoms with E-state index in [4.69, 9.17) is 10.2 Å². The Kier molecular flexibility index (Phi) is 3.48. The number of carboxylic acids is 1. The van der Waals surface area contributed by atoms with E-state index in [1.165, 1.54) is 12.1 Å². The van der Waals surface area contributed by atoms with Gasteiger partial charge in [-0.25, -0.2) is 4.79 Å². The fourth-order valence-corrected chi connectivity index (χ4v) is 1.04. The summed E-state index contributed by atoms with van der Waals surface area (Å²) < 4.78 is 0. The molecule has 14 heavy (non-hydrogen) atoms. The summed E-state index contributed by atoms with van der Waals surface area (Å²) in [5.41, 5.74) is 1.06. The minimum Gasteiger partial charge on any atom is -0.478 e. The average molecular weight is 195 g/mol. The lowest BCUT2D eigenvalue weighted by atomic mass is 10.2. The molecule has 0 bridgehead atoms. The number of anilines is 1. The van der Waals surface area contributed by atoms with Crippen molar-refractivity contribution in [2.75, 3.05) is 11.9 Å².